The number of nitrogens with two attached hydrogens (primary N) is 1. The Bertz CT molecular complexity index is 848. The molecule has 1 fully saturated rings. The van der Waals surface area contributed by atoms with Gasteiger partial charge in [0, 0.05) is 18.7 Å². The molecule has 10 heteroatoms. The molecule has 5 N–H and O–H groups in total. The lowest BCUT2D eigenvalue weighted by Crippen LogP contribution is -2.46. The van der Waals surface area contributed by atoms with Gasteiger partial charge in [0.2, 0.25) is 11.9 Å². The van der Waals surface area contributed by atoms with Crippen molar-refractivity contribution in [2.24, 2.45) is 5.92 Å². The Hall–Kier alpha value is -2.88. The second-order valence-corrected chi connectivity index (χ2v) is 6.93. The third-order valence-electron chi connectivity index (χ3n) is 4.28. The SMILES string of the molecule is Nc1nc(NNC(=O)C2CCCN(C(=O)O)C2)c(Br)c(-c2ccccc2)n1. The molecule has 0 aliphatic carbocycles. The van der Waals surface area contributed by atoms with Crippen LogP contribution in [-0.4, -0.2) is 45.1 Å². The van der Waals surface area contributed by atoms with E-state index in [4.69, 9.17) is 10.8 Å². The monoisotopic (exact) mass is 434 g/mol. The minimum absolute atomic E-state index is 0.0588. The molecule has 1 aliphatic rings. The summed E-state index contributed by atoms with van der Waals surface area (Å²) in [5.74, 6) is -0.343. The number of amides is 2. The third kappa shape index (κ3) is 4.45. The summed E-state index contributed by atoms with van der Waals surface area (Å²) < 4.78 is 0.555. The molecule has 2 aromatic rings. The highest BCUT2D eigenvalue weighted by Gasteiger charge is 2.28. The van der Waals surface area contributed by atoms with E-state index in [1.165, 1.54) is 4.90 Å². The van der Waals surface area contributed by atoms with Gasteiger partial charge in [-0.2, -0.15) is 4.98 Å². The van der Waals surface area contributed by atoms with Crippen LogP contribution in [-0.2, 0) is 4.79 Å². The lowest BCUT2D eigenvalue weighted by molar-refractivity contribution is -0.125. The number of carbonyl (C=O) groups excluding carboxylic acids is 1. The van der Waals surface area contributed by atoms with Crippen molar-refractivity contribution in [3.05, 3.63) is 34.8 Å². The fraction of sp³-hybridized carbons (Fsp3) is 0.294. The number of nitrogen functional groups attached to an aromatic ring is 1. The number of likely N-dealkylation sites (tertiary alicyclic amines) is 1. The van der Waals surface area contributed by atoms with Crippen molar-refractivity contribution in [3.8, 4) is 11.3 Å². The third-order valence-corrected chi connectivity index (χ3v) is 5.03. The number of aromatic nitrogens is 2. The molecule has 0 bridgehead atoms. The van der Waals surface area contributed by atoms with Crippen LogP contribution in [0, 0.1) is 5.92 Å². The molecule has 2 heterocycles. The van der Waals surface area contributed by atoms with Crippen LogP contribution in [0.15, 0.2) is 34.8 Å². The van der Waals surface area contributed by atoms with E-state index in [9.17, 15) is 9.59 Å². The Morgan fingerprint density at radius 3 is 2.70 bits per heavy atom. The zero-order valence-electron chi connectivity index (χ0n) is 14.4. The van der Waals surface area contributed by atoms with Crippen molar-refractivity contribution in [3.63, 3.8) is 0 Å². The van der Waals surface area contributed by atoms with Crippen LogP contribution in [0.3, 0.4) is 0 Å². The van der Waals surface area contributed by atoms with Crippen LogP contribution in [0.25, 0.3) is 11.3 Å². The number of rotatable bonds is 4. The van der Waals surface area contributed by atoms with E-state index < -0.39 is 12.0 Å². The van der Waals surface area contributed by atoms with Gasteiger partial charge in [0.25, 0.3) is 0 Å². The first-order chi connectivity index (χ1) is 13.0. The Morgan fingerprint density at radius 2 is 2.00 bits per heavy atom. The van der Waals surface area contributed by atoms with Crippen LogP contribution < -0.4 is 16.6 Å². The molecular weight excluding hydrogens is 416 g/mol. The highest BCUT2D eigenvalue weighted by Crippen LogP contribution is 2.31. The van der Waals surface area contributed by atoms with Crippen molar-refractivity contribution < 1.29 is 14.7 Å². The summed E-state index contributed by atoms with van der Waals surface area (Å²) in [6.07, 6.45) is 0.256. The Balaban J connectivity index is 1.72. The van der Waals surface area contributed by atoms with Gasteiger partial charge in [-0.3, -0.25) is 15.6 Å². The van der Waals surface area contributed by atoms with E-state index in [-0.39, 0.29) is 18.4 Å². The Kier molecular flexibility index (Phi) is 5.75. The summed E-state index contributed by atoms with van der Waals surface area (Å²) in [5, 5.41) is 9.09. The molecule has 0 radical (unpaired) electrons. The predicted octanol–water partition coefficient (Wildman–Crippen LogP) is 2.32. The number of hydrogen-bond donors (Lipinski definition) is 4. The van der Waals surface area contributed by atoms with Gasteiger partial charge in [0.1, 0.15) is 0 Å². The van der Waals surface area contributed by atoms with E-state index >= 15 is 0 Å². The number of halogens is 1. The number of anilines is 2. The molecule has 1 aromatic heterocycles. The fourth-order valence-electron chi connectivity index (χ4n) is 2.92. The number of hydrogen-bond acceptors (Lipinski definition) is 6. The van der Waals surface area contributed by atoms with Gasteiger partial charge in [0.15, 0.2) is 5.82 Å². The number of piperidine rings is 1. The maximum atomic E-state index is 12.4. The van der Waals surface area contributed by atoms with Crippen LogP contribution in [0.1, 0.15) is 12.8 Å². The molecule has 0 spiro atoms. The Morgan fingerprint density at radius 1 is 1.26 bits per heavy atom. The molecule has 2 amide bonds. The quantitative estimate of drug-likeness (QED) is 0.542. The summed E-state index contributed by atoms with van der Waals surface area (Å²) in [7, 11) is 0. The van der Waals surface area contributed by atoms with E-state index in [1.807, 2.05) is 30.3 Å². The number of carbonyl (C=O) groups is 2. The molecule has 9 nitrogen and oxygen atoms in total. The summed E-state index contributed by atoms with van der Waals surface area (Å²) in [6.45, 7) is 0.617. The maximum Gasteiger partial charge on any atom is 0.407 e. The van der Waals surface area contributed by atoms with Crippen molar-refractivity contribution in [1.29, 1.82) is 0 Å². The van der Waals surface area contributed by atoms with Crippen molar-refractivity contribution >= 4 is 39.7 Å². The minimum Gasteiger partial charge on any atom is -0.465 e. The highest BCUT2D eigenvalue weighted by molar-refractivity contribution is 9.10. The van der Waals surface area contributed by atoms with Gasteiger partial charge in [-0.15, -0.1) is 0 Å². The van der Waals surface area contributed by atoms with Crippen molar-refractivity contribution in [1.82, 2.24) is 20.3 Å². The van der Waals surface area contributed by atoms with Gasteiger partial charge in [-0.25, -0.2) is 9.78 Å². The van der Waals surface area contributed by atoms with Crippen LogP contribution in [0.5, 0.6) is 0 Å². The van der Waals surface area contributed by atoms with Crippen molar-refractivity contribution in [2.75, 3.05) is 24.2 Å². The molecule has 1 aliphatic heterocycles. The van der Waals surface area contributed by atoms with E-state index in [1.54, 1.807) is 0 Å². The number of benzene rings is 1. The van der Waals surface area contributed by atoms with Crippen LogP contribution in [0.2, 0.25) is 0 Å². The first kappa shape index (κ1) is 18.9. The first-order valence-electron chi connectivity index (χ1n) is 8.38. The number of hydrazine groups is 1. The minimum atomic E-state index is -1.01. The standard InChI is InChI=1S/C17H19BrN6O3/c18-12-13(10-5-2-1-3-6-10)20-16(19)21-14(12)22-23-15(25)11-7-4-8-24(9-11)17(26)27/h1-3,5-6,11H,4,7-9H2,(H,23,25)(H,26,27)(H3,19,20,21,22). The topological polar surface area (TPSA) is 133 Å². The van der Waals surface area contributed by atoms with Gasteiger partial charge < -0.3 is 15.7 Å². The molecular formula is C17H19BrN6O3. The van der Waals surface area contributed by atoms with Gasteiger partial charge in [0.05, 0.1) is 16.1 Å². The second kappa shape index (κ2) is 8.21. The second-order valence-electron chi connectivity index (χ2n) is 6.14. The molecule has 142 valence electrons. The van der Waals surface area contributed by atoms with Crippen LogP contribution >= 0.6 is 15.9 Å². The van der Waals surface area contributed by atoms with E-state index in [2.05, 4.69) is 36.7 Å². The predicted molar refractivity (Wildman–Crippen MR) is 104 cm³/mol. The summed E-state index contributed by atoms with van der Waals surface area (Å²) >= 11 is 3.45. The largest absolute Gasteiger partial charge is 0.465 e. The normalized spacial score (nSPS) is 16.6. The van der Waals surface area contributed by atoms with Gasteiger partial charge in [-0.1, -0.05) is 30.3 Å². The zero-order valence-corrected chi connectivity index (χ0v) is 15.9. The summed E-state index contributed by atoms with van der Waals surface area (Å²) in [6, 6.07) is 9.43. The molecule has 0 saturated carbocycles. The molecule has 1 unspecified atom stereocenters. The Labute approximate surface area is 164 Å². The lowest BCUT2D eigenvalue weighted by Gasteiger charge is -2.29. The average Bonchev–Trinajstić information content (AvgIpc) is 2.68. The number of nitrogens with one attached hydrogen (secondary N) is 2. The summed E-state index contributed by atoms with van der Waals surface area (Å²) in [4.78, 5) is 33.1. The first-order valence-corrected chi connectivity index (χ1v) is 9.17. The lowest BCUT2D eigenvalue weighted by atomic mass is 9.98. The number of nitrogens with zero attached hydrogens (tertiary/aromatic N) is 3. The van der Waals surface area contributed by atoms with Gasteiger partial charge in [-0.05, 0) is 28.8 Å². The van der Waals surface area contributed by atoms with E-state index in [0.29, 0.717) is 35.4 Å². The van der Waals surface area contributed by atoms with Crippen molar-refractivity contribution in [2.45, 2.75) is 12.8 Å². The van der Waals surface area contributed by atoms with Gasteiger partial charge >= 0.3 is 6.09 Å². The zero-order chi connectivity index (χ0) is 19.4. The average molecular weight is 435 g/mol. The molecule has 3 rings (SSSR count). The van der Waals surface area contributed by atoms with E-state index in [0.717, 1.165) is 5.56 Å². The molecule has 1 aromatic carbocycles. The number of carboxylic acid groups (broad SMARTS) is 1. The fourth-order valence-corrected chi connectivity index (χ4v) is 3.43. The highest BCUT2D eigenvalue weighted by atomic mass is 79.9. The molecule has 1 saturated heterocycles. The molecule has 1 atom stereocenters. The molecule has 27 heavy (non-hydrogen) atoms. The maximum absolute atomic E-state index is 12.4. The smallest absolute Gasteiger partial charge is 0.407 e. The summed E-state index contributed by atoms with van der Waals surface area (Å²) in [5.41, 5.74) is 12.6. The van der Waals surface area contributed by atoms with Crippen LogP contribution in [0.4, 0.5) is 16.6 Å².